The number of ether oxygens (including phenoxy) is 1. The van der Waals surface area contributed by atoms with Crippen molar-refractivity contribution in [2.75, 3.05) is 18.6 Å². The summed E-state index contributed by atoms with van der Waals surface area (Å²) < 4.78 is 44.7. The first kappa shape index (κ1) is 24.9. The van der Waals surface area contributed by atoms with E-state index in [0.717, 1.165) is 17.7 Å². The average molecular weight is 491 g/mol. The van der Waals surface area contributed by atoms with Gasteiger partial charge in [0.15, 0.2) is 0 Å². The molecule has 2 aromatic carbocycles. The fourth-order valence-corrected chi connectivity index (χ4v) is 3.40. The summed E-state index contributed by atoms with van der Waals surface area (Å²) in [5.41, 5.74) is 0.208. The van der Waals surface area contributed by atoms with Crippen molar-refractivity contribution in [2.24, 2.45) is 0 Å². The lowest BCUT2D eigenvalue weighted by Gasteiger charge is -2.14. The molecule has 3 amide bonds. The van der Waals surface area contributed by atoms with E-state index in [9.17, 15) is 22.8 Å². The van der Waals surface area contributed by atoms with Crippen LogP contribution in [-0.2, 0) is 12.7 Å². The quantitative estimate of drug-likeness (QED) is 0.391. The minimum absolute atomic E-state index is 0.0806. The molecule has 1 aromatic heterocycles. The fraction of sp³-hybridized carbons (Fsp3) is 0.174. The highest BCUT2D eigenvalue weighted by atomic mass is 32.2. The number of nitrogens with one attached hydrogen (secondary N) is 3. The van der Waals surface area contributed by atoms with Crippen LogP contribution in [-0.4, -0.2) is 30.2 Å². The molecule has 0 radical (unpaired) electrons. The van der Waals surface area contributed by atoms with E-state index in [1.165, 1.54) is 37.1 Å². The van der Waals surface area contributed by atoms with Crippen molar-refractivity contribution in [3.05, 3.63) is 77.6 Å². The number of carbonyl (C=O) groups is 2. The van der Waals surface area contributed by atoms with E-state index in [0.29, 0.717) is 16.4 Å². The average Bonchev–Trinajstić information content (AvgIpc) is 2.82. The number of urea groups is 1. The third-order valence-corrected chi connectivity index (χ3v) is 5.37. The van der Waals surface area contributed by atoms with E-state index in [4.69, 9.17) is 4.74 Å². The number of amides is 3. The molecule has 3 rings (SSSR count). The van der Waals surface area contributed by atoms with Crippen molar-refractivity contribution in [3.8, 4) is 11.5 Å². The second-order valence-corrected chi connectivity index (χ2v) is 7.77. The van der Waals surface area contributed by atoms with Crippen LogP contribution in [0.2, 0.25) is 0 Å². The Morgan fingerprint density at radius 2 is 1.76 bits per heavy atom. The number of rotatable bonds is 7. The van der Waals surface area contributed by atoms with Gasteiger partial charge in [-0.1, -0.05) is 12.1 Å². The highest BCUT2D eigenvalue weighted by Gasteiger charge is 2.31. The van der Waals surface area contributed by atoms with Crippen LogP contribution >= 0.6 is 11.8 Å². The van der Waals surface area contributed by atoms with Gasteiger partial charge < -0.3 is 20.7 Å². The van der Waals surface area contributed by atoms with Crippen LogP contribution in [0, 0.1) is 0 Å². The van der Waals surface area contributed by atoms with Crippen LogP contribution < -0.4 is 20.7 Å². The monoisotopic (exact) mass is 490 g/mol. The summed E-state index contributed by atoms with van der Waals surface area (Å²) in [5.74, 6) is 0.611. The number of pyridine rings is 1. The Morgan fingerprint density at radius 3 is 2.41 bits per heavy atom. The van der Waals surface area contributed by atoms with E-state index >= 15 is 0 Å². The predicted molar refractivity (Wildman–Crippen MR) is 123 cm³/mol. The van der Waals surface area contributed by atoms with Crippen molar-refractivity contribution < 1.29 is 27.5 Å². The van der Waals surface area contributed by atoms with Gasteiger partial charge in [-0.3, -0.25) is 9.78 Å². The van der Waals surface area contributed by atoms with E-state index < -0.39 is 17.8 Å². The zero-order valence-corrected chi connectivity index (χ0v) is 19.0. The Labute approximate surface area is 198 Å². The van der Waals surface area contributed by atoms with Crippen molar-refractivity contribution in [1.82, 2.24) is 15.6 Å². The molecule has 178 valence electrons. The zero-order chi connectivity index (χ0) is 24.7. The van der Waals surface area contributed by atoms with Crippen LogP contribution in [0.3, 0.4) is 0 Å². The molecule has 0 saturated carbocycles. The summed E-state index contributed by atoms with van der Waals surface area (Å²) in [6.45, 7) is 0.149. The maximum absolute atomic E-state index is 13.0. The number of halogens is 3. The number of hydrogen-bond donors (Lipinski definition) is 3. The summed E-state index contributed by atoms with van der Waals surface area (Å²) >= 11 is 1.23. The fourth-order valence-electron chi connectivity index (χ4n) is 2.87. The molecular weight excluding hydrogens is 469 g/mol. The number of hydrogen-bond acceptors (Lipinski definition) is 5. The van der Waals surface area contributed by atoms with Gasteiger partial charge in [-0.2, -0.15) is 13.2 Å². The first-order chi connectivity index (χ1) is 16.2. The van der Waals surface area contributed by atoms with Crippen molar-refractivity contribution >= 4 is 29.4 Å². The van der Waals surface area contributed by atoms with Gasteiger partial charge in [0.1, 0.15) is 17.2 Å². The Bertz CT molecular complexity index is 1170. The van der Waals surface area contributed by atoms with Gasteiger partial charge in [0.05, 0.1) is 11.3 Å². The number of nitrogens with zero attached hydrogens (tertiary/aromatic N) is 1. The summed E-state index contributed by atoms with van der Waals surface area (Å²) in [6.07, 6.45) is -1.34. The normalized spacial score (nSPS) is 11.0. The largest absolute Gasteiger partial charge is 0.457 e. The number of alkyl halides is 3. The van der Waals surface area contributed by atoms with E-state index in [1.807, 2.05) is 0 Å². The number of benzene rings is 2. The molecule has 0 bridgehead atoms. The molecule has 0 aliphatic rings. The number of carbonyl (C=O) groups excluding carboxylic acids is 2. The van der Waals surface area contributed by atoms with Gasteiger partial charge in [0.25, 0.3) is 5.91 Å². The van der Waals surface area contributed by atoms with E-state index in [-0.39, 0.29) is 23.8 Å². The Balaban J connectivity index is 1.59. The molecule has 3 N–H and O–H groups in total. The van der Waals surface area contributed by atoms with E-state index in [2.05, 4.69) is 20.9 Å². The van der Waals surface area contributed by atoms with Crippen LogP contribution in [0.5, 0.6) is 11.5 Å². The molecule has 1 heterocycles. The van der Waals surface area contributed by atoms with Gasteiger partial charge in [-0.25, -0.2) is 4.79 Å². The second-order valence-electron chi connectivity index (χ2n) is 6.92. The highest BCUT2D eigenvalue weighted by molar-refractivity contribution is 7.98. The minimum atomic E-state index is -4.51. The Kier molecular flexibility index (Phi) is 8.00. The van der Waals surface area contributed by atoms with Crippen molar-refractivity contribution in [2.45, 2.75) is 17.6 Å². The number of aromatic nitrogens is 1. The van der Waals surface area contributed by atoms with Crippen LogP contribution in [0.4, 0.5) is 23.7 Å². The van der Waals surface area contributed by atoms with Gasteiger partial charge in [0, 0.05) is 30.8 Å². The van der Waals surface area contributed by atoms with Gasteiger partial charge in [0.2, 0.25) is 0 Å². The first-order valence-corrected chi connectivity index (χ1v) is 11.2. The third-order valence-electron chi connectivity index (χ3n) is 4.58. The number of thioether (sulfide) groups is 1. The zero-order valence-electron chi connectivity index (χ0n) is 18.2. The molecule has 0 saturated heterocycles. The van der Waals surface area contributed by atoms with Crippen LogP contribution in [0.1, 0.15) is 21.6 Å². The Morgan fingerprint density at radius 1 is 1.03 bits per heavy atom. The molecule has 0 spiro atoms. The molecule has 0 unspecified atom stereocenters. The standard InChI is InChI=1S/C23H21F3N4O3S/c1-27-21(31)19-12-17(9-10-28-19)33-16-6-3-14(4-7-16)13-29-22(32)30-18-11-15(23(24,25)26)5-8-20(18)34-2/h3-12H,13H2,1-2H3,(H,27,31)(H2,29,30,32). The van der Waals surface area contributed by atoms with Crippen molar-refractivity contribution in [3.63, 3.8) is 0 Å². The smallest absolute Gasteiger partial charge is 0.416 e. The molecule has 3 aromatic rings. The van der Waals surface area contributed by atoms with Crippen molar-refractivity contribution in [1.29, 1.82) is 0 Å². The van der Waals surface area contributed by atoms with Gasteiger partial charge in [-0.05, 0) is 48.2 Å². The predicted octanol–water partition coefficient (Wildman–Crippen LogP) is 5.30. The Hall–Kier alpha value is -3.73. The summed E-state index contributed by atoms with van der Waals surface area (Å²) in [6, 6.07) is 12.5. The highest BCUT2D eigenvalue weighted by Crippen LogP contribution is 2.34. The first-order valence-electron chi connectivity index (χ1n) is 9.94. The lowest BCUT2D eigenvalue weighted by Crippen LogP contribution is -2.28. The molecule has 0 atom stereocenters. The maximum Gasteiger partial charge on any atom is 0.416 e. The topological polar surface area (TPSA) is 92.4 Å². The van der Waals surface area contributed by atoms with Gasteiger partial charge in [-0.15, -0.1) is 11.8 Å². The summed E-state index contributed by atoms with van der Waals surface area (Å²) in [7, 11) is 1.51. The molecule has 34 heavy (non-hydrogen) atoms. The number of anilines is 1. The third kappa shape index (κ3) is 6.64. The molecule has 0 aliphatic heterocycles. The SMILES string of the molecule is CNC(=O)c1cc(Oc2ccc(CNC(=O)Nc3cc(C(F)(F)F)ccc3SC)cc2)ccn1. The lowest BCUT2D eigenvalue weighted by atomic mass is 10.2. The van der Waals surface area contributed by atoms with Gasteiger partial charge >= 0.3 is 12.2 Å². The molecule has 11 heteroatoms. The second kappa shape index (κ2) is 10.9. The molecule has 7 nitrogen and oxygen atoms in total. The summed E-state index contributed by atoms with van der Waals surface area (Å²) in [4.78, 5) is 28.4. The lowest BCUT2D eigenvalue weighted by molar-refractivity contribution is -0.137. The molecule has 0 aliphatic carbocycles. The minimum Gasteiger partial charge on any atom is -0.457 e. The maximum atomic E-state index is 13.0. The molecular formula is C23H21F3N4O3S. The van der Waals surface area contributed by atoms with E-state index in [1.54, 1.807) is 36.6 Å². The molecule has 0 fully saturated rings. The van der Waals surface area contributed by atoms with Crippen LogP contribution in [0.25, 0.3) is 0 Å². The summed E-state index contributed by atoms with van der Waals surface area (Å²) in [5, 5.41) is 7.58. The van der Waals surface area contributed by atoms with Crippen LogP contribution in [0.15, 0.2) is 65.7 Å².